The van der Waals surface area contributed by atoms with Crippen LogP contribution in [0.1, 0.15) is 33.1 Å². The lowest BCUT2D eigenvalue weighted by atomic mass is 9.89. The normalized spacial score (nSPS) is 13.6. The van der Waals surface area contributed by atoms with Crippen LogP contribution in [-0.4, -0.2) is 23.8 Å². The minimum atomic E-state index is -0.345. The number of benzene rings is 2. The molecular formula is C23H19BrN2O2. The molecule has 3 aromatic rings. The molecule has 1 aliphatic rings. The summed E-state index contributed by atoms with van der Waals surface area (Å²) in [6, 6.07) is 20.0. The molecule has 0 saturated carbocycles. The second kappa shape index (κ2) is 8.07. The Bertz CT molecular complexity index is 1030. The number of rotatable bonds is 5. The maximum atomic E-state index is 11.8. The third kappa shape index (κ3) is 3.90. The van der Waals surface area contributed by atoms with Crippen molar-refractivity contribution in [2.75, 3.05) is 7.11 Å². The van der Waals surface area contributed by atoms with Gasteiger partial charge in [0, 0.05) is 34.4 Å². The third-order valence-corrected chi connectivity index (χ3v) is 5.40. The van der Waals surface area contributed by atoms with E-state index in [2.05, 4.69) is 45.2 Å². The van der Waals surface area contributed by atoms with Crippen LogP contribution in [0.4, 0.5) is 5.69 Å². The summed E-state index contributed by atoms with van der Waals surface area (Å²) in [4.78, 5) is 21.4. The van der Waals surface area contributed by atoms with Gasteiger partial charge in [0.05, 0.1) is 18.4 Å². The average Bonchev–Trinajstić information content (AvgIpc) is 3.16. The van der Waals surface area contributed by atoms with Gasteiger partial charge in [-0.1, -0.05) is 36.4 Å². The van der Waals surface area contributed by atoms with Gasteiger partial charge >= 0.3 is 5.97 Å². The molecule has 1 aliphatic heterocycles. The van der Waals surface area contributed by atoms with Gasteiger partial charge < -0.3 is 4.74 Å². The van der Waals surface area contributed by atoms with Crippen molar-refractivity contribution in [3.63, 3.8) is 0 Å². The van der Waals surface area contributed by atoms with Gasteiger partial charge in [-0.2, -0.15) is 0 Å². The highest BCUT2D eigenvalue weighted by atomic mass is 79.9. The smallest absolute Gasteiger partial charge is 0.337 e. The molecule has 5 heteroatoms. The topological polar surface area (TPSA) is 51.5 Å². The van der Waals surface area contributed by atoms with Crippen molar-refractivity contribution in [2.24, 2.45) is 4.99 Å². The van der Waals surface area contributed by atoms with Gasteiger partial charge in [-0.25, -0.2) is 4.79 Å². The summed E-state index contributed by atoms with van der Waals surface area (Å²) in [5, 5.41) is 0. The number of esters is 1. The van der Waals surface area contributed by atoms with Gasteiger partial charge in [0.25, 0.3) is 0 Å². The van der Waals surface area contributed by atoms with Crippen LogP contribution >= 0.6 is 15.9 Å². The fourth-order valence-electron chi connectivity index (χ4n) is 3.49. The summed E-state index contributed by atoms with van der Waals surface area (Å²) >= 11 is 3.46. The predicted molar refractivity (Wildman–Crippen MR) is 113 cm³/mol. The number of ether oxygens (including phenoxy) is 1. The van der Waals surface area contributed by atoms with Crippen LogP contribution in [0, 0.1) is 0 Å². The van der Waals surface area contributed by atoms with E-state index in [0.29, 0.717) is 5.56 Å². The van der Waals surface area contributed by atoms with Crippen LogP contribution in [0.25, 0.3) is 0 Å². The molecule has 0 bridgehead atoms. The molecule has 4 rings (SSSR count). The Morgan fingerprint density at radius 3 is 2.68 bits per heavy atom. The van der Waals surface area contributed by atoms with Gasteiger partial charge in [-0.15, -0.1) is 0 Å². The lowest BCUT2D eigenvalue weighted by Gasteiger charge is -2.17. The van der Waals surface area contributed by atoms with E-state index in [1.165, 1.54) is 12.7 Å². The molecule has 2 heterocycles. The Hall–Kier alpha value is -2.79. The molecule has 0 fully saturated rings. The first kappa shape index (κ1) is 18.6. The number of fused-ring (bicyclic) bond motifs is 1. The third-order valence-electron chi connectivity index (χ3n) is 4.93. The standard InChI is InChI=1S/C23H19BrN2O2/c1-28-23(27)17-8-7-16-12-22(26-21(16)13-17)19(11-15-5-3-2-4-6-15)20-10-9-18(24)14-25-20/h2-10,13-14,19H,11-12H2,1H3. The van der Waals surface area contributed by atoms with Gasteiger partial charge in [0.2, 0.25) is 0 Å². The van der Waals surface area contributed by atoms with E-state index in [4.69, 9.17) is 9.73 Å². The van der Waals surface area contributed by atoms with E-state index in [-0.39, 0.29) is 11.9 Å². The number of halogens is 1. The Kier molecular flexibility index (Phi) is 5.35. The van der Waals surface area contributed by atoms with Crippen LogP contribution < -0.4 is 0 Å². The lowest BCUT2D eigenvalue weighted by molar-refractivity contribution is 0.0601. The highest BCUT2D eigenvalue weighted by molar-refractivity contribution is 9.10. The number of carbonyl (C=O) groups is 1. The summed E-state index contributed by atoms with van der Waals surface area (Å²) < 4.78 is 5.78. The minimum Gasteiger partial charge on any atom is -0.465 e. The fraction of sp³-hybridized carbons (Fsp3) is 0.174. The van der Waals surface area contributed by atoms with E-state index in [0.717, 1.165) is 40.0 Å². The first-order chi connectivity index (χ1) is 13.6. The largest absolute Gasteiger partial charge is 0.465 e. The van der Waals surface area contributed by atoms with Gasteiger partial charge in [-0.05, 0) is 57.7 Å². The van der Waals surface area contributed by atoms with E-state index >= 15 is 0 Å². The average molecular weight is 435 g/mol. The zero-order valence-corrected chi connectivity index (χ0v) is 17.0. The summed E-state index contributed by atoms with van der Waals surface area (Å²) in [7, 11) is 1.39. The Labute approximate surface area is 172 Å². The molecule has 1 unspecified atom stereocenters. The monoisotopic (exact) mass is 434 g/mol. The van der Waals surface area contributed by atoms with Crippen molar-refractivity contribution in [3.8, 4) is 0 Å². The molecule has 0 spiro atoms. The summed E-state index contributed by atoms with van der Waals surface area (Å²) in [5.41, 5.74) is 5.78. The van der Waals surface area contributed by atoms with Crippen LogP contribution in [-0.2, 0) is 17.6 Å². The number of nitrogens with zero attached hydrogens (tertiary/aromatic N) is 2. The second-order valence-electron chi connectivity index (χ2n) is 6.76. The lowest BCUT2D eigenvalue weighted by Crippen LogP contribution is -2.17. The van der Waals surface area contributed by atoms with Crippen LogP contribution in [0.5, 0.6) is 0 Å². The number of aromatic nitrogens is 1. The van der Waals surface area contributed by atoms with E-state index in [1.54, 1.807) is 6.07 Å². The first-order valence-corrected chi connectivity index (χ1v) is 9.87. The molecule has 4 nitrogen and oxygen atoms in total. The maximum absolute atomic E-state index is 11.8. The minimum absolute atomic E-state index is 0.0736. The molecule has 0 amide bonds. The fourth-order valence-corrected chi connectivity index (χ4v) is 3.72. The zero-order chi connectivity index (χ0) is 19.5. The molecule has 0 aliphatic carbocycles. The molecule has 1 aromatic heterocycles. The zero-order valence-electron chi connectivity index (χ0n) is 15.4. The van der Waals surface area contributed by atoms with Crippen molar-refractivity contribution in [2.45, 2.75) is 18.8 Å². The molecule has 140 valence electrons. The van der Waals surface area contributed by atoms with Crippen LogP contribution in [0.15, 0.2) is 76.3 Å². The van der Waals surface area contributed by atoms with E-state index in [1.807, 2.05) is 36.5 Å². The molecule has 0 N–H and O–H groups in total. The molecule has 28 heavy (non-hydrogen) atoms. The molecule has 0 saturated heterocycles. The second-order valence-corrected chi connectivity index (χ2v) is 7.67. The van der Waals surface area contributed by atoms with Crippen LogP contribution in [0.3, 0.4) is 0 Å². The summed E-state index contributed by atoms with van der Waals surface area (Å²) in [5.74, 6) is -0.272. The molecule has 0 radical (unpaired) electrons. The van der Waals surface area contributed by atoms with Gasteiger partial charge in [0.15, 0.2) is 0 Å². The number of methoxy groups -OCH3 is 1. The Morgan fingerprint density at radius 2 is 1.96 bits per heavy atom. The van der Waals surface area contributed by atoms with Crippen molar-refractivity contribution in [1.29, 1.82) is 0 Å². The van der Waals surface area contributed by atoms with Crippen LogP contribution in [0.2, 0.25) is 0 Å². The van der Waals surface area contributed by atoms with E-state index < -0.39 is 0 Å². The Morgan fingerprint density at radius 1 is 1.14 bits per heavy atom. The van der Waals surface area contributed by atoms with Crippen molar-refractivity contribution in [3.05, 3.63) is 93.7 Å². The quantitative estimate of drug-likeness (QED) is 0.512. The summed E-state index contributed by atoms with van der Waals surface area (Å²) in [6.07, 6.45) is 3.41. The van der Waals surface area contributed by atoms with Crippen molar-refractivity contribution in [1.82, 2.24) is 4.98 Å². The number of aliphatic imine (C=N–C) groups is 1. The Balaban J connectivity index is 1.69. The molecular weight excluding hydrogens is 416 g/mol. The highest BCUT2D eigenvalue weighted by Gasteiger charge is 2.26. The number of hydrogen-bond donors (Lipinski definition) is 0. The highest BCUT2D eigenvalue weighted by Crippen LogP contribution is 2.34. The molecule has 1 atom stereocenters. The van der Waals surface area contributed by atoms with Crippen molar-refractivity contribution >= 4 is 33.3 Å². The SMILES string of the molecule is COC(=O)c1ccc2c(c1)N=C(C(Cc1ccccc1)c1ccc(Br)cn1)C2. The number of hydrogen-bond acceptors (Lipinski definition) is 4. The van der Waals surface area contributed by atoms with Gasteiger partial charge in [-0.3, -0.25) is 9.98 Å². The number of carbonyl (C=O) groups excluding carboxylic acids is 1. The van der Waals surface area contributed by atoms with Gasteiger partial charge in [0.1, 0.15) is 0 Å². The van der Waals surface area contributed by atoms with E-state index in [9.17, 15) is 4.79 Å². The summed E-state index contributed by atoms with van der Waals surface area (Å²) in [6.45, 7) is 0. The van der Waals surface area contributed by atoms with Crippen molar-refractivity contribution < 1.29 is 9.53 Å². The maximum Gasteiger partial charge on any atom is 0.337 e. The first-order valence-electron chi connectivity index (χ1n) is 9.08. The number of pyridine rings is 1. The predicted octanol–water partition coefficient (Wildman–Crippen LogP) is 5.29. The molecule has 2 aromatic carbocycles.